The zero-order valence-corrected chi connectivity index (χ0v) is 22.7. The van der Waals surface area contributed by atoms with Crippen LogP contribution < -0.4 is 17.0 Å². The van der Waals surface area contributed by atoms with E-state index in [1.165, 1.54) is 17.0 Å². The van der Waals surface area contributed by atoms with E-state index in [2.05, 4.69) is 45.2 Å². The van der Waals surface area contributed by atoms with Crippen LogP contribution >= 0.6 is 0 Å². The molecule has 1 amide bonds. The molecule has 41 heavy (non-hydrogen) atoms. The van der Waals surface area contributed by atoms with Gasteiger partial charge < -0.3 is 11.5 Å². The summed E-state index contributed by atoms with van der Waals surface area (Å²) in [5, 5.41) is 16.8. The lowest BCUT2D eigenvalue weighted by Gasteiger charge is -2.14. The number of nitrogens with zero attached hydrogens (tertiary/aromatic N) is 7. The van der Waals surface area contributed by atoms with Crippen LogP contribution in [0.4, 0.5) is 5.82 Å². The number of aryl methyl sites for hydroxylation is 2. The second-order valence-electron chi connectivity index (χ2n) is 9.18. The van der Waals surface area contributed by atoms with Crippen LogP contribution in [0.15, 0.2) is 78.1 Å². The minimum Gasteiger partial charge on any atom is -0.382 e. The van der Waals surface area contributed by atoms with Crippen LogP contribution in [0.1, 0.15) is 39.8 Å². The highest BCUT2D eigenvalue weighted by Crippen LogP contribution is 2.20. The highest BCUT2D eigenvalue weighted by molar-refractivity contribution is 6.03. The summed E-state index contributed by atoms with van der Waals surface area (Å²) in [7, 11) is 1.89. The molecule has 0 bridgehead atoms. The van der Waals surface area contributed by atoms with E-state index in [4.69, 9.17) is 11.5 Å². The number of nitrogens with two attached hydrogens (primary N) is 2. The maximum Gasteiger partial charge on any atom is 0.264 e. The van der Waals surface area contributed by atoms with E-state index < -0.39 is 5.91 Å². The molecule has 2 aromatic carbocycles. The van der Waals surface area contributed by atoms with Gasteiger partial charge in [-0.15, -0.1) is 10.2 Å². The highest BCUT2D eigenvalue weighted by atomic mass is 16.1. The summed E-state index contributed by atoms with van der Waals surface area (Å²) in [6, 6.07) is 17.7. The summed E-state index contributed by atoms with van der Waals surface area (Å²) in [5.41, 5.74) is 15.6. The largest absolute Gasteiger partial charge is 0.382 e. The predicted molar refractivity (Wildman–Crippen MR) is 157 cm³/mol. The molecule has 6 rings (SSSR count). The quantitative estimate of drug-likeness (QED) is 0.324. The van der Waals surface area contributed by atoms with E-state index in [-0.39, 0.29) is 16.9 Å². The van der Waals surface area contributed by atoms with Crippen LogP contribution in [0.25, 0.3) is 22.0 Å². The van der Waals surface area contributed by atoms with Crippen molar-refractivity contribution in [3.63, 3.8) is 0 Å². The molecule has 11 heteroatoms. The molecule has 0 fully saturated rings. The fraction of sp³-hybridized carbons (Fsp3) is 0.133. The number of para-hydroxylation sites is 1. The second kappa shape index (κ2) is 11.2. The van der Waals surface area contributed by atoms with Gasteiger partial charge in [0.05, 0.1) is 29.0 Å². The Labute approximate surface area is 235 Å². The summed E-state index contributed by atoms with van der Waals surface area (Å²) in [6.07, 6.45) is 5.25. The van der Waals surface area contributed by atoms with Crippen molar-refractivity contribution in [2.45, 2.75) is 20.3 Å². The standard InChI is InChI=1S/C24H21N3O.C6H6N6O/c1-4-21-15-19-10-8-9-18(13-14-20-16-25-26(3)17(20)2)23(19)24(28)27(21)22-11-6-5-7-12-22;7-5-4(6(8)13)3-1-9-10-2-12(3)11-5/h5-12,15-16H,4H2,1-3H3;1-2H,(H2,7,11)(H2,8,13). The molecule has 0 spiro atoms. The number of fused-ring (bicyclic) bond motifs is 2. The minimum atomic E-state index is -0.625. The number of rotatable bonds is 3. The molecule has 6 aromatic rings. The van der Waals surface area contributed by atoms with Crippen LogP contribution in [0.3, 0.4) is 0 Å². The number of nitrogen functional groups attached to an aromatic ring is 1. The Bertz CT molecular complexity index is 2030. The van der Waals surface area contributed by atoms with Crippen molar-refractivity contribution >= 4 is 28.0 Å². The lowest BCUT2D eigenvalue weighted by molar-refractivity contribution is 0.100. The molecule has 0 saturated carbocycles. The van der Waals surface area contributed by atoms with Crippen molar-refractivity contribution in [1.82, 2.24) is 34.2 Å². The van der Waals surface area contributed by atoms with Gasteiger partial charge in [-0.3, -0.25) is 18.8 Å². The highest BCUT2D eigenvalue weighted by Gasteiger charge is 2.15. The molecule has 0 aliphatic heterocycles. The molecule has 4 aromatic heterocycles. The molecule has 0 radical (unpaired) electrons. The number of anilines is 1. The number of benzene rings is 2. The number of hydrogen-bond donors (Lipinski definition) is 2. The third-order valence-corrected chi connectivity index (χ3v) is 6.70. The van der Waals surface area contributed by atoms with E-state index in [1.807, 2.05) is 62.5 Å². The van der Waals surface area contributed by atoms with Gasteiger partial charge in [-0.25, -0.2) is 4.52 Å². The summed E-state index contributed by atoms with van der Waals surface area (Å²) in [6.45, 7) is 4.05. The number of carbonyl (C=O) groups is 1. The third kappa shape index (κ3) is 5.14. The molecule has 0 unspecified atom stereocenters. The van der Waals surface area contributed by atoms with Crippen molar-refractivity contribution in [3.8, 4) is 17.5 Å². The monoisotopic (exact) mass is 545 g/mol. The Morgan fingerprint density at radius 3 is 2.44 bits per heavy atom. The fourth-order valence-corrected chi connectivity index (χ4v) is 4.49. The Morgan fingerprint density at radius 2 is 1.76 bits per heavy atom. The van der Waals surface area contributed by atoms with Gasteiger partial charge in [-0.1, -0.05) is 49.1 Å². The van der Waals surface area contributed by atoms with Gasteiger partial charge in [0.2, 0.25) is 0 Å². The van der Waals surface area contributed by atoms with E-state index in [0.29, 0.717) is 10.9 Å². The molecule has 4 heterocycles. The number of carbonyl (C=O) groups excluding carboxylic acids is 1. The topological polar surface area (TPSA) is 152 Å². The summed E-state index contributed by atoms with van der Waals surface area (Å²) in [4.78, 5) is 24.4. The van der Waals surface area contributed by atoms with Gasteiger partial charge in [-0.05, 0) is 43.0 Å². The normalized spacial score (nSPS) is 10.6. The first-order valence-corrected chi connectivity index (χ1v) is 12.8. The second-order valence-corrected chi connectivity index (χ2v) is 9.18. The van der Waals surface area contributed by atoms with Gasteiger partial charge in [0.25, 0.3) is 11.5 Å². The van der Waals surface area contributed by atoms with Gasteiger partial charge in [0.15, 0.2) is 5.82 Å². The van der Waals surface area contributed by atoms with E-state index >= 15 is 0 Å². The van der Waals surface area contributed by atoms with Crippen LogP contribution in [-0.4, -0.2) is 40.1 Å². The van der Waals surface area contributed by atoms with Crippen LogP contribution in [0.5, 0.6) is 0 Å². The molecule has 0 aliphatic carbocycles. The number of amides is 1. The van der Waals surface area contributed by atoms with Crippen LogP contribution in [0, 0.1) is 18.8 Å². The molecule has 0 aliphatic rings. The zero-order valence-electron chi connectivity index (χ0n) is 22.7. The summed E-state index contributed by atoms with van der Waals surface area (Å²) in [5.74, 6) is 5.84. The van der Waals surface area contributed by atoms with Crippen molar-refractivity contribution in [2.24, 2.45) is 12.8 Å². The Kier molecular flexibility index (Phi) is 7.30. The van der Waals surface area contributed by atoms with Crippen molar-refractivity contribution in [2.75, 3.05) is 5.73 Å². The maximum absolute atomic E-state index is 13.5. The first-order valence-electron chi connectivity index (χ1n) is 12.8. The molecular formula is C30H27N9O2. The Hall–Kier alpha value is -5.76. The van der Waals surface area contributed by atoms with Gasteiger partial charge >= 0.3 is 0 Å². The maximum atomic E-state index is 13.5. The van der Waals surface area contributed by atoms with E-state index in [0.717, 1.165) is 40.0 Å². The summed E-state index contributed by atoms with van der Waals surface area (Å²) < 4.78 is 4.94. The third-order valence-electron chi connectivity index (χ3n) is 6.70. The SMILES string of the molecule is CCc1cc2cccc(C#Cc3cnn(C)c3C)c2c(=O)n1-c1ccccc1.NC(=O)c1c(N)nn2cnncc12. The fourth-order valence-electron chi connectivity index (χ4n) is 4.49. The average Bonchev–Trinajstić information content (AvgIpc) is 3.49. The smallest absolute Gasteiger partial charge is 0.264 e. The number of primary amides is 1. The molecule has 0 atom stereocenters. The van der Waals surface area contributed by atoms with Gasteiger partial charge in [0, 0.05) is 24.0 Å². The zero-order chi connectivity index (χ0) is 29.1. The minimum absolute atomic E-state index is 0.0339. The van der Waals surface area contributed by atoms with Gasteiger partial charge in [-0.2, -0.15) is 10.2 Å². The first-order chi connectivity index (χ1) is 19.8. The lowest BCUT2D eigenvalue weighted by Crippen LogP contribution is -2.22. The first kappa shape index (κ1) is 26.8. The van der Waals surface area contributed by atoms with E-state index in [1.54, 1.807) is 15.4 Å². The van der Waals surface area contributed by atoms with Crippen molar-refractivity contribution in [3.05, 3.63) is 112 Å². The molecular weight excluding hydrogens is 518 g/mol. The lowest BCUT2D eigenvalue weighted by atomic mass is 10.0. The van der Waals surface area contributed by atoms with Crippen LogP contribution in [0.2, 0.25) is 0 Å². The molecule has 11 nitrogen and oxygen atoms in total. The average molecular weight is 546 g/mol. The van der Waals surface area contributed by atoms with Gasteiger partial charge in [0.1, 0.15) is 17.4 Å². The predicted octanol–water partition coefficient (Wildman–Crippen LogP) is 2.80. The number of pyridine rings is 1. The molecule has 4 N–H and O–H groups in total. The van der Waals surface area contributed by atoms with Crippen molar-refractivity contribution in [1.29, 1.82) is 0 Å². The summed E-state index contributed by atoms with van der Waals surface area (Å²) >= 11 is 0. The van der Waals surface area contributed by atoms with Crippen LogP contribution in [-0.2, 0) is 13.5 Å². The Balaban J connectivity index is 0.000000216. The van der Waals surface area contributed by atoms with E-state index in [9.17, 15) is 9.59 Å². The van der Waals surface area contributed by atoms with Crippen molar-refractivity contribution < 1.29 is 4.79 Å². The molecule has 204 valence electrons. The number of aromatic nitrogens is 7. The Morgan fingerprint density at radius 1 is 1.00 bits per heavy atom. The molecule has 0 saturated heterocycles. The number of hydrogen-bond acceptors (Lipinski definition) is 7.